The molecule has 2 N–H and O–H groups in total. The Balaban J connectivity index is 1.67. The van der Waals surface area contributed by atoms with Crippen molar-refractivity contribution in [1.82, 2.24) is 10.1 Å². The summed E-state index contributed by atoms with van der Waals surface area (Å²) in [7, 11) is 0. The first-order valence-corrected chi connectivity index (χ1v) is 7.99. The molecule has 1 aromatic carbocycles. The molecule has 112 valence electrons. The highest BCUT2D eigenvalue weighted by Crippen LogP contribution is 2.31. The highest BCUT2D eigenvalue weighted by molar-refractivity contribution is 7.98. The molecule has 0 spiro atoms. The van der Waals surface area contributed by atoms with Crippen LogP contribution in [0.1, 0.15) is 18.6 Å². The lowest BCUT2D eigenvalue weighted by Crippen LogP contribution is -2.42. The van der Waals surface area contributed by atoms with Gasteiger partial charge in [0.25, 0.3) is 0 Å². The van der Waals surface area contributed by atoms with Crippen molar-refractivity contribution < 1.29 is 9.26 Å². The summed E-state index contributed by atoms with van der Waals surface area (Å²) in [6, 6.07) is 7.55. The zero-order chi connectivity index (χ0) is 14.9. The maximum Gasteiger partial charge on any atom is 0.236 e. The topological polar surface area (TPSA) is 74.2 Å². The smallest absolute Gasteiger partial charge is 0.236 e. The van der Waals surface area contributed by atoms with Crippen LogP contribution in [0.5, 0.6) is 0 Å². The zero-order valence-corrected chi connectivity index (χ0v) is 13.2. The first kappa shape index (κ1) is 14.8. The van der Waals surface area contributed by atoms with Crippen LogP contribution in [0.3, 0.4) is 0 Å². The quantitative estimate of drug-likeness (QED) is 0.871. The summed E-state index contributed by atoms with van der Waals surface area (Å²) in [5.74, 6) is 1.85. The molecule has 2 unspecified atom stereocenters. The minimum Gasteiger partial charge on any atom is -0.379 e. The molecule has 1 fully saturated rings. The standard InChI is InChI=1S/C14H16ClN3O2S/c1-14(8-19-6-11(14)16)13-17-12(18-20-13)7-21-10-4-2-9(15)3-5-10/h2-5,11H,6-8,16H2,1H3. The average Bonchev–Trinajstić information content (AvgIpc) is 3.07. The summed E-state index contributed by atoms with van der Waals surface area (Å²) in [5, 5.41) is 4.76. The molecule has 21 heavy (non-hydrogen) atoms. The Morgan fingerprint density at radius 3 is 2.86 bits per heavy atom. The van der Waals surface area contributed by atoms with Gasteiger partial charge in [-0.2, -0.15) is 4.98 Å². The number of thioether (sulfide) groups is 1. The van der Waals surface area contributed by atoms with E-state index in [1.54, 1.807) is 11.8 Å². The summed E-state index contributed by atoms with van der Waals surface area (Å²) >= 11 is 7.49. The fourth-order valence-electron chi connectivity index (χ4n) is 2.13. The van der Waals surface area contributed by atoms with Gasteiger partial charge in [0.2, 0.25) is 5.89 Å². The molecule has 2 atom stereocenters. The second-order valence-electron chi connectivity index (χ2n) is 5.30. The monoisotopic (exact) mass is 325 g/mol. The first-order chi connectivity index (χ1) is 10.1. The second kappa shape index (κ2) is 5.96. The summed E-state index contributed by atoms with van der Waals surface area (Å²) in [4.78, 5) is 5.57. The molecular formula is C14H16ClN3O2S. The van der Waals surface area contributed by atoms with E-state index in [-0.39, 0.29) is 6.04 Å². The van der Waals surface area contributed by atoms with Crippen molar-refractivity contribution in [2.45, 2.75) is 29.0 Å². The summed E-state index contributed by atoms with van der Waals surface area (Å²) in [6.45, 7) is 3.03. The highest BCUT2D eigenvalue weighted by Gasteiger charge is 2.44. The van der Waals surface area contributed by atoms with Gasteiger partial charge < -0.3 is 15.0 Å². The van der Waals surface area contributed by atoms with Crippen LogP contribution in [0.25, 0.3) is 0 Å². The van der Waals surface area contributed by atoms with Gasteiger partial charge in [-0.25, -0.2) is 0 Å². The van der Waals surface area contributed by atoms with E-state index < -0.39 is 5.41 Å². The minimum absolute atomic E-state index is 0.116. The lowest BCUT2D eigenvalue weighted by Gasteiger charge is -2.21. The summed E-state index contributed by atoms with van der Waals surface area (Å²) in [6.07, 6.45) is 0. The number of rotatable bonds is 4. The molecule has 7 heteroatoms. The van der Waals surface area contributed by atoms with E-state index in [1.165, 1.54) is 0 Å². The Hall–Kier alpha value is -1.08. The molecule has 0 saturated carbocycles. The largest absolute Gasteiger partial charge is 0.379 e. The SMILES string of the molecule is CC1(c2nc(CSc3ccc(Cl)cc3)no2)COCC1N. The molecule has 0 bridgehead atoms. The number of ether oxygens (including phenoxy) is 1. The van der Waals surface area contributed by atoms with Crippen molar-refractivity contribution >= 4 is 23.4 Å². The van der Waals surface area contributed by atoms with Crippen LogP contribution in [0, 0.1) is 0 Å². The fraction of sp³-hybridized carbons (Fsp3) is 0.429. The number of benzene rings is 1. The number of nitrogens with zero attached hydrogens (tertiary/aromatic N) is 2. The Morgan fingerprint density at radius 2 is 2.19 bits per heavy atom. The Morgan fingerprint density at radius 1 is 1.43 bits per heavy atom. The first-order valence-electron chi connectivity index (χ1n) is 6.63. The normalized spacial score (nSPS) is 25.4. The van der Waals surface area contributed by atoms with Crippen molar-refractivity contribution in [2.24, 2.45) is 5.73 Å². The Bertz CT molecular complexity index is 619. The van der Waals surface area contributed by atoms with Crippen LogP contribution in [0.15, 0.2) is 33.7 Å². The third-order valence-electron chi connectivity index (χ3n) is 3.66. The van der Waals surface area contributed by atoms with E-state index in [9.17, 15) is 0 Å². The van der Waals surface area contributed by atoms with Crippen LogP contribution in [0.2, 0.25) is 5.02 Å². The van der Waals surface area contributed by atoms with E-state index in [4.69, 9.17) is 26.6 Å². The number of hydrogen-bond donors (Lipinski definition) is 1. The lowest BCUT2D eigenvalue weighted by atomic mass is 9.86. The van der Waals surface area contributed by atoms with Gasteiger partial charge in [-0.1, -0.05) is 16.8 Å². The van der Waals surface area contributed by atoms with Crippen molar-refractivity contribution in [3.8, 4) is 0 Å². The molecule has 2 heterocycles. The fourth-order valence-corrected chi connectivity index (χ4v) is 3.00. The molecule has 3 rings (SSSR count). The molecule has 0 aliphatic carbocycles. The van der Waals surface area contributed by atoms with Crippen LogP contribution >= 0.6 is 23.4 Å². The van der Waals surface area contributed by atoms with Crippen molar-refractivity contribution in [1.29, 1.82) is 0 Å². The maximum atomic E-state index is 6.06. The predicted octanol–water partition coefficient (Wildman–Crippen LogP) is 2.63. The molecule has 0 amide bonds. The van der Waals surface area contributed by atoms with Crippen molar-refractivity contribution in [3.05, 3.63) is 41.0 Å². The number of nitrogens with two attached hydrogens (primary N) is 1. The predicted molar refractivity (Wildman–Crippen MR) is 81.5 cm³/mol. The average molecular weight is 326 g/mol. The molecule has 5 nitrogen and oxygen atoms in total. The molecule has 1 aliphatic heterocycles. The van der Waals surface area contributed by atoms with Gasteiger partial charge in [-0.3, -0.25) is 0 Å². The number of aromatic nitrogens is 2. The van der Waals surface area contributed by atoms with Gasteiger partial charge in [0.15, 0.2) is 5.82 Å². The Labute approximate surface area is 132 Å². The van der Waals surface area contributed by atoms with Crippen molar-refractivity contribution in [3.63, 3.8) is 0 Å². The van der Waals surface area contributed by atoms with Crippen LogP contribution in [-0.2, 0) is 15.9 Å². The molecule has 1 aliphatic rings. The summed E-state index contributed by atoms with van der Waals surface area (Å²) in [5.41, 5.74) is 5.67. The van der Waals surface area contributed by atoms with Gasteiger partial charge >= 0.3 is 0 Å². The lowest BCUT2D eigenvalue weighted by molar-refractivity contribution is 0.169. The van der Waals surface area contributed by atoms with Gasteiger partial charge in [-0.05, 0) is 31.2 Å². The third kappa shape index (κ3) is 3.08. The van der Waals surface area contributed by atoms with Crippen LogP contribution in [0.4, 0.5) is 0 Å². The van der Waals surface area contributed by atoms with Crippen LogP contribution < -0.4 is 5.73 Å². The van der Waals surface area contributed by atoms with E-state index in [0.717, 1.165) is 9.92 Å². The summed E-state index contributed by atoms with van der Waals surface area (Å²) < 4.78 is 10.8. The maximum absolute atomic E-state index is 6.06. The highest BCUT2D eigenvalue weighted by atomic mass is 35.5. The molecule has 1 aromatic heterocycles. The van der Waals surface area contributed by atoms with E-state index in [1.807, 2.05) is 31.2 Å². The van der Waals surface area contributed by atoms with Gasteiger partial charge in [0, 0.05) is 16.0 Å². The second-order valence-corrected chi connectivity index (χ2v) is 6.78. The van der Waals surface area contributed by atoms with Gasteiger partial charge in [-0.15, -0.1) is 11.8 Å². The van der Waals surface area contributed by atoms with Gasteiger partial charge in [0.05, 0.1) is 24.4 Å². The van der Waals surface area contributed by atoms with Gasteiger partial charge in [0.1, 0.15) is 0 Å². The van der Waals surface area contributed by atoms with Crippen molar-refractivity contribution in [2.75, 3.05) is 13.2 Å². The van der Waals surface area contributed by atoms with E-state index in [2.05, 4.69) is 10.1 Å². The Kier molecular flexibility index (Phi) is 4.21. The van der Waals surface area contributed by atoms with E-state index in [0.29, 0.717) is 30.7 Å². The number of halogens is 1. The molecule has 2 aromatic rings. The third-order valence-corrected chi connectivity index (χ3v) is 4.92. The zero-order valence-electron chi connectivity index (χ0n) is 11.6. The van der Waals surface area contributed by atoms with E-state index >= 15 is 0 Å². The molecular weight excluding hydrogens is 310 g/mol. The van der Waals surface area contributed by atoms with Crippen LogP contribution in [-0.4, -0.2) is 29.4 Å². The molecule has 0 radical (unpaired) electrons. The minimum atomic E-state index is -0.393. The number of hydrogen-bond acceptors (Lipinski definition) is 6. The molecule has 1 saturated heterocycles.